The van der Waals surface area contributed by atoms with E-state index < -0.39 is 0 Å². The lowest BCUT2D eigenvalue weighted by Gasteiger charge is -2.34. The third kappa shape index (κ3) is 2.99. The van der Waals surface area contributed by atoms with E-state index in [4.69, 9.17) is 10.5 Å². The van der Waals surface area contributed by atoms with Crippen LogP contribution in [0.4, 0.5) is 5.82 Å². The Balaban J connectivity index is 1.78. The Bertz CT molecular complexity index is 620. The van der Waals surface area contributed by atoms with Crippen molar-refractivity contribution in [2.45, 2.75) is 32.3 Å². The number of hydrogen-bond donors (Lipinski definition) is 2. The molecule has 1 aliphatic rings. The molecule has 0 aliphatic heterocycles. The van der Waals surface area contributed by atoms with Crippen LogP contribution in [0, 0.1) is 5.92 Å². The smallest absolute Gasteiger partial charge is 0.153 e. The van der Waals surface area contributed by atoms with Gasteiger partial charge in [-0.05, 0) is 38.2 Å². The maximum atomic E-state index is 6.06. The Kier molecular flexibility index (Phi) is 4.31. The molecule has 0 amide bonds. The molecule has 112 valence electrons. The van der Waals surface area contributed by atoms with Crippen molar-refractivity contribution in [2.24, 2.45) is 5.92 Å². The molecular weight excluding hydrogens is 330 g/mol. The first-order valence-electron chi connectivity index (χ1n) is 7.38. The molecule has 0 radical (unpaired) electrons. The zero-order valence-corrected chi connectivity index (χ0v) is 13.7. The lowest BCUT2D eigenvalue weighted by Crippen LogP contribution is -2.32. The molecule has 1 aliphatic carbocycles. The largest absolute Gasteiger partial charge is 0.382 e. The summed E-state index contributed by atoms with van der Waals surface area (Å²) in [5, 5.41) is 7.31. The Morgan fingerprint density at radius 1 is 1.38 bits per heavy atom. The third-order valence-corrected chi connectivity index (χ3v) is 4.79. The van der Waals surface area contributed by atoms with Gasteiger partial charge in [0.25, 0.3) is 0 Å². The predicted molar refractivity (Wildman–Crippen MR) is 88.0 cm³/mol. The lowest BCUT2D eigenvalue weighted by molar-refractivity contribution is -0.0242. The fourth-order valence-electron chi connectivity index (χ4n) is 3.01. The van der Waals surface area contributed by atoms with Crippen molar-refractivity contribution < 1.29 is 4.74 Å². The second-order valence-corrected chi connectivity index (χ2v) is 6.42. The van der Waals surface area contributed by atoms with Crippen LogP contribution < -0.4 is 5.73 Å². The van der Waals surface area contributed by atoms with Crippen LogP contribution in [0.3, 0.4) is 0 Å². The Morgan fingerprint density at radius 2 is 2.14 bits per heavy atom. The zero-order valence-electron chi connectivity index (χ0n) is 12.1. The molecule has 5 heteroatoms. The SMILES string of the molecule is CCOC1CC(Cc2[nH]nc(N)c2-c2ccccc2Br)C1. The van der Waals surface area contributed by atoms with Crippen molar-refractivity contribution in [3.63, 3.8) is 0 Å². The predicted octanol–water partition coefficient (Wildman–Crippen LogP) is 3.78. The number of nitrogens with one attached hydrogen (secondary N) is 1. The van der Waals surface area contributed by atoms with Crippen LogP contribution >= 0.6 is 15.9 Å². The van der Waals surface area contributed by atoms with Crippen molar-refractivity contribution in [1.29, 1.82) is 0 Å². The quantitative estimate of drug-likeness (QED) is 0.863. The number of nitrogens with two attached hydrogens (primary N) is 1. The number of nitrogens with zero attached hydrogens (tertiary/aromatic N) is 1. The first-order chi connectivity index (χ1) is 10.2. The molecule has 0 atom stereocenters. The molecule has 0 saturated heterocycles. The summed E-state index contributed by atoms with van der Waals surface area (Å²) in [5.41, 5.74) is 9.32. The van der Waals surface area contributed by atoms with Gasteiger partial charge in [0.15, 0.2) is 5.82 Å². The number of benzene rings is 1. The van der Waals surface area contributed by atoms with Crippen LogP contribution in [0.5, 0.6) is 0 Å². The molecule has 2 aromatic rings. The second-order valence-electron chi connectivity index (χ2n) is 5.56. The topological polar surface area (TPSA) is 63.9 Å². The van der Waals surface area contributed by atoms with E-state index >= 15 is 0 Å². The third-order valence-electron chi connectivity index (χ3n) is 4.10. The van der Waals surface area contributed by atoms with Gasteiger partial charge in [-0.25, -0.2) is 0 Å². The molecule has 1 saturated carbocycles. The molecule has 3 rings (SSSR count). The minimum Gasteiger partial charge on any atom is -0.382 e. The van der Waals surface area contributed by atoms with Crippen molar-refractivity contribution in [3.8, 4) is 11.1 Å². The summed E-state index contributed by atoms with van der Waals surface area (Å²) >= 11 is 3.60. The minimum atomic E-state index is 0.437. The average Bonchev–Trinajstić information content (AvgIpc) is 2.78. The van der Waals surface area contributed by atoms with Gasteiger partial charge in [-0.1, -0.05) is 34.1 Å². The van der Waals surface area contributed by atoms with E-state index in [1.165, 1.54) is 0 Å². The lowest BCUT2D eigenvalue weighted by atomic mass is 9.78. The van der Waals surface area contributed by atoms with E-state index in [1.807, 2.05) is 25.1 Å². The Labute approximate surface area is 133 Å². The van der Waals surface area contributed by atoms with Gasteiger partial charge in [0.05, 0.1) is 6.10 Å². The van der Waals surface area contributed by atoms with E-state index in [0.717, 1.165) is 47.2 Å². The van der Waals surface area contributed by atoms with Gasteiger partial charge in [0, 0.05) is 27.9 Å². The van der Waals surface area contributed by atoms with Gasteiger partial charge >= 0.3 is 0 Å². The second kappa shape index (κ2) is 6.20. The van der Waals surface area contributed by atoms with Gasteiger partial charge in [-0.2, -0.15) is 5.10 Å². The number of hydrogen-bond acceptors (Lipinski definition) is 3. The summed E-state index contributed by atoms with van der Waals surface area (Å²) in [6.07, 6.45) is 3.67. The van der Waals surface area contributed by atoms with Crippen molar-refractivity contribution in [1.82, 2.24) is 10.2 Å². The number of H-pyrrole nitrogens is 1. The molecule has 1 aromatic heterocycles. The molecule has 21 heavy (non-hydrogen) atoms. The summed E-state index contributed by atoms with van der Waals surface area (Å²) in [5.74, 6) is 1.22. The summed E-state index contributed by atoms with van der Waals surface area (Å²) in [6.45, 7) is 2.85. The highest BCUT2D eigenvalue weighted by Crippen LogP contribution is 2.38. The van der Waals surface area contributed by atoms with Crippen LogP contribution in [0.2, 0.25) is 0 Å². The normalized spacial score (nSPS) is 21.2. The summed E-state index contributed by atoms with van der Waals surface area (Å²) in [7, 11) is 0. The molecule has 0 unspecified atom stereocenters. The standard InChI is InChI=1S/C16H20BrN3O/c1-2-21-11-7-10(8-11)9-14-15(16(18)20-19-14)12-5-3-4-6-13(12)17/h3-6,10-11H,2,7-9H2,1H3,(H3,18,19,20). The van der Waals surface area contributed by atoms with Crippen molar-refractivity contribution in [3.05, 3.63) is 34.4 Å². The van der Waals surface area contributed by atoms with Crippen LogP contribution in [-0.4, -0.2) is 22.9 Å². The van der Waals surface area contributed by atoms with Gasteiger partial charge in [-0.3, -0.25) is 5.10 Å². The zero-order chi connectivity index (χ0) is 14.8. The van der Waals surface area contributed by atoms with Crippen LogP contribution in [0.15, 0.2) is 28.7 Å². The summed E-state index contributed by atoms with van der Waals surface area (Å²) in [4.78, 5) is 0. The Morgan fingerprint density at radius 3 is 2.86 bits per heavy atom. The minimum absolute atomic E-state index is 0.437. The van der Waals surface area contributed by atoms with Gasteiger partial charge in [0.1, 0.15) is 0 Å². The van der Waals surface area contributed by atoms with Crippen LogP contribution in [0.25, 0.3) is 11.1 Å². The number of ether oxygens (including phenoxy) is 1. The van der Waals surface area contributed by atoms with E-state index in [1.54, 1.807) is 0 Å². The molecule has 1 aromatic carbocycles. The Hall–Kier alpha value is -1.33. The molecule has 0 spiro atoms. The summed E-state index contributed by atoms with van der Waals surface area (Å²) < 4.78 is 6.67. The number of aromatic amines is 1. The number of anilines is 1. The van der Waals surface area contributed by atoms with E-state index in [-0.39, 0.29) is 0 Å². The van der Waals surface area contributed by atoms with Crippen molar-refractivity contribution >= 4 is 21.7 Å². The molecule has 3 N–H and O–H groups in total. The first kappa shape index (κ1) is 14.6. The van der Waals surface area contributed by atoms with Gasteiger partial charge < -0.3 is 10.5 Å². The molecular formula is C16H20BrN3O. The van der Waals surface area contributed by atoms with E-state index in [9.17, 15) is 0 Å². The number of halogens is 1. The fourth-order valence-corrected chi connectivity index (χ4v) is 3.49. The maximum absolute atomic E-state index is 6.06. The maximum Gasteiger partial charge on any atom is 0.153 e. The molecule has 0 bridgehead atoms. The van der Waals surface area contributed by atoms with Crippen LogP contribution in [-0.2, 0) is 11.2 Å². The number of rotatable bonds is 5. The molecule has 4 nitrogen and oxygen atoms in total. The highest BCUT2D eigenvalue weighted by Gasteiger charge is 2.31. The number of aromatic nitrogens is 2. The van der Waals surface area contributed by atoms with Crippen molar-refractivity contribution in [2.75, 3.05) is 12.3 Å². The highest BCUT2D eigenvalue weighted by molar-refractivity contribution is 9.10. The van der Waals surface area contributed by atoms with E-state index in [0.29, 0.717) is 17.8 Å². The molecule has 1 heterocycles. The van der Waals surface area contributed by atoms with Crippen LogP contribution in [0.1, 0.15) is 25.5 Å². The van der Waals surface area contributed by atoms with Gasteiger partial charge in [-0.15, -0.1) is 0 Å². The highest BCUT2D eigenvalue weighted by atomic mass is 79.9. The average molecular weight is 350 g/mol. The number of nitrogen functional groups attached to an aromatic ring is 1. The fraction of sp³-hybridized carbons (Fsp3) is 0.438. The van der Waals surface area contributed by atoms with E-state index in [2.05, 4.69) is 32.2 Å². The summed E-state index contributed by atoms with van der Waals surface area (Å²) in [6, 6.07) is 8.12. The monoisotopic (exact) mass is 349 g/mol. The molecule has 1 fully saturated rings. The first-order valence-corrected chi connectivity index (χ1v) is 8.17. The van der Waals surface area contributed by atoms with Gasteiger partial charge in [0.2, 0.25) is 0 Å².